The third-order valence-electron chi connectivity index (χ3n) is 3.88. The van der Waals surface area contributed by atoms with Crippen LogP contribution >= 0.6 is 0 Å². The van der Waals surface area contributed by atoms with Gasteiger partial charge in [-0.25, -0.2) is 0 Å². The van der Waals surface area contributed by atoms with Gasteiger partial charge in [0.2, 0.25) is 0 Å². The first-order valence-electron chi connectivity index (χ1n) is 6.45. The summed E-state index contributed by atoms with van der Waals surface area (Å²) in [5.41, 5.74) is 2.84. The molecule has 3 aliphatic heterocycles. The van der Waals surface area contributed by atoms with E-state index < -0.39 is 0 Å². The minimum absolute atomic E-state index is 0.450. The Morgan fingerprint density at radius 1 is 1.25 bits per heavy atom. The predicted octanol–water partition coefficient (Wildman–Crippen LogP) is 1.55. The number of hydrogen-bond donors (Lipinski definition) is 2. The van der Waals surface area contributed by atoms with Gasteiger partial charge in [-0.15, -0.1) is 0 Å². The minimum atomic E-state index is 0.450. The van der Waals surface area contributed by atoms with Crippen LogP contribution in [-0.4, -0.2) is 30.1 Å². The van der Waals surface area contributed by atoms with Crippen molar-refractivity contribution in [2.75, 3.05) is 13.1 Å². The maximum Gasteiger partial charge on any atom is 0.124 e. The Morgan fingerprint density at radius 3 is 3.00 bits per heavy atom. The Labute approximate surface area is 97.6 Å². The molecular weight excluding hydrogens is 198 g/mol. The van der Waals surface area contributed by atoms with Crippen LogP contribution < -0.4 is 10.6 Å². The summed E-state index contributed by atoms with van der Waals surface area (Å²) >= 11 is 0. The topological polar surface area (TPSA) is 27.3 Å². The van der Waals surface area contributed by atoms with Gasteiger partial charge in [0.25, 0.3) is 0 Å². The second-order valence-corrected chi connectivity index (χ2v) is 5.27. The van der Waals surface area contributed by atoms with E-state index in [0.29, 0.717) is 12.1 Å². The highest BCUT2D eigenvalue weighted by molar-refractivity contribution is 5.37. The minimum Gasteiger partial charge on any atom is -0.368 e. The van der Waals surface area contributed by atoms with E-state index in [1.54, 1.807) is 0 Å². The molecule has 2 N–H and O–H groups in total. The number of hydrogen-bond acceptors (Lipinski definition) is 3. The summed E-state index contributed by atoms with van der Waals surface area (Å²) in [6.07, 6.45) is 6.23. The summed E-state index contributed by atoms with van der Waals surface area (Å²) in [5.74, 6) is 1.27. The zero-order valence-electron chi connectivity index (χ0n) is 10.2. The Kier molecular flexibility index (Phi) is 2.34. The lowest BCUT2D eigenvalue weighted by Gasteiger charge is -2.34. The summed E-state index contributed by atoms with van der Waals surface area (Å²) in [7, 11) is 0. The first kappa shape index (κ1) is 10.1. The zero-order valence-corrected chi connectivity index (χ0v) is 10.2. The van der Waals surface area contributed by atoms with Crippen molar-refractivity contribution in [1.82, 2.24) is 15.5 Å². The molecule has 2 atom stereocenters. The highest BCUT2D eigenvalue weighted by Gasteiger charge is 2.29. The molecule has 0 radical (unpaired) electrons. The molecule has 1 fully saturated rings. The third-order valence-corrected chi connectivity index (χ3v) is 3.88. The summed E-state index contributed by atoms with van der Waals surface area (Å²) in [6.45, 7) is 6.88. The van der Waals surface area contributed by atoms with Crippen LogP contribution in [-0.2, 0) is 0 Å². The maximum absolute atomic E-state index is 3.70. The molecule has 0 saturated carbocycles. The molecule has 0 aromatic carbocycles. The third kappa shape index (κ3) is 1.58. The second kappa shape index (κ2) is 3.72. The van der Waals surface area contributed by atoms with Crippen molar-refractivity contribution in [3.63, 3.8) is 0 Å². The van der Waals surface area contributed by atoms with Gasteiger partial charge in [0.15, 0.2) is 0 Å². The lowest BCUT2D eigenvalue weighted by atomic mass is 10.0. The van der Waals surface area contributed by atoms with Gasteiger partial charge in [-0.1, -0.05) is 6.08 Å². The van der Waals surface area contributed by atoms with E-state index in [1.807, 2.05) is 0 Å². The largest absolute Gasteiger partial charge is 0.368 e. The zero-order chi connectivity index (χ0) is 11.1. The lowest BCUT2D eigenvalue weighted by molar-refractivity contribution is 0.356. The van der Waals surface area contributed by atoms with Crippen molar-refractivity contribution in [3.05, 3.63) is 23.2 Å². The number of dihydropyridines is 1. The Bertz CT molecular complexity index is 356. The fourth-order valence-electron chi connectivity index (χ4n) is 3.17. The van der Waals surface area contributed by atoms with Crippen molar-refractivity contribution in [3.8, 4) is 0 Å². The van der Waals surface area contributed by atoms with Crippen molar-refractivity contribution >= 4 is 0 Å². The second-order valence-electron chi connectivity index (χ2n) is 5.27. The molecule has 2 bridgehead atoms. The van der Waals surface area contributed by atoms with Gasteiger partial charge < -0.3 is 15.5 Å². The predicted molar refractivity (Wildman–Crippen MR) is 65.7 cm³/mol. The smallest absolute Gasteiger partial charge is 0.124 e. The van der Waals surface area contributed by atoms with E-state index in [2.05, 4.69) is 35.5 Å². The van der Waals surface area contributed by atoms with Gasteiger partial charge in [0.05, 0.1) is 5.70 Å². The molecule has 0 aliphatic carbocycles. The molecule has 2 unspecified atom stereocenters. The normalized spacial score (nSPS) is 33.4. The molecule has 3 heteroatoms. The number of rotatable bonds is 0. The maximum atomic E-state index is 3.70. The molecule has 3 rings (SSSR count). The van der Waals surface area contributed by atoms with Crippen LogP contribution in [0.4, 0.5) is 0 Å². The molecule has 0 aromatic rings. The Hall–Kier alpha value is -1.12. The van der Waals surface area contributed by atoms with Gasteiger partial charge in [0, 0.05) is 25.2 Å². The van der Waals surface area contributed by atoms with Crippen molar-refractivity contribution in [2.45, 2.75) is 45.2 Å². The van der Waals surface area contributed by atoms with Crippen molar-refractivity contribution in [1.29, 1.82) is 0 Å². The molecular formula is C13H21N3. The van der Waals surface area contributed by atoms with Gasteiger partial charge in [-0.2, -0.15) is 0 Å². The summed E-state index contributed by atoms with van der Waals surface area (Å²) in [6, 6.07) is 1.12. The van der Waals surface area contributed by atoms with E-state index in [4.69, 9.17) is 0 Å². The van der Waals surface area contributed by atoms with E-state index in [1.165, 1.54) is 49.4 Å². The first-order valence-corrected chi connectivity index (χ1v) is 6.45. The molecule has 3 nitrogen and oxygen atoms in total. The van der Waals surface area contributed by atoms with Gasteiger partial charge in [-0.05, 0) is 38.7 Å². The van der Waals surface area contributed by atoms with Crippen LogP contribution in [0.15, 0.2) is 23.2 Å². The van der Waals surface area contributed by atoms with Crippen LogP contribution in [0.3, 0.4) is 0 Å². The average Bonchev–Trinajstić information content (AvgIpc) is 2.49. The van der Waals surface area contributed by atoms with Gasteiger partial charge in [-0.3, -0.25) is 0 Å². The van der Waals surface area contributed by atoms with Crippen molar-refractivity contribution in [2.24, 2.45) is 0 Å². The van der Waals surface area contributed by atoms with Crippen LogP contribution in [0.5, 0.6) is 0 Å². The van der Waals surface area contributed by atoms with Crippen LogP contribution in [0.1, 0.15) is 33.1 Å². The molecule has 3 aliphatic rings. The highest BCUT2D eigenvalue weighted by Crippen LogP contribution is 2.28. The van der Waals surface area contributed by atoms with E-state index >= 15 is 0 Å². The fourth-order valence-corrected chi connectivity index (χ4v) is 3.17. The highest BCUT2D eigenvalue weighted by atomic mass is 15.2. The molecule has 0 aromatic heterocycles. The molecule has 3 heterocycles. The summed E-state index contributed by atoms with van der Waals surface area (Å²) in [4.78, 5) is 2.56. The lowest BCUT2D eigenvalue weighted by Crippen LogP contribution is -2.42. The van der Waals surface area contributed by atoms with E-state index in [0.717, 1.165) is 0 Å². The van der Waals surface area contributed by atoms with Crippen LogP contribution in [0.2, 0.25) is 0 Å². The van der Waals surface area contributed by atoms with Crippen LogP contribution in [0, 0.1) is 0 Å². The number of fused-ring (bicyclic) bond motifs is 4. The molecule has 0 amide bonds. The number of nitrogens with one attached hydrogen (secondary N) is 2. The van der Waals surface area contributed by atoms with Crippen molar-refractivity contribution < 1.29 is 0 Å². The average molecular weight is 219 g/mol. The quantitative estimate of drug-likeness (QED) is 0.647. The SMILES string of the molecule is CC1=CC(C)NC2=C1N1CCCC(CC1)N2. The first-order chi connectivity index (χ1) is 7.74. The number of nitrogens with zero attached hydrogens (tertiary/aromatic N) is 1. The molecule has 16 heavy (non-hydrogen) atoms. The Morgan fingerprint density at radius 2 is 2.12 bits per heavy atom. The van der Waals surface area contributed by atoms with E-state index in [9.17, 15) is 0 Å². The van der Waals surface area contributed by atoms with Crippen LogP contribution in [0.25, 0.3) is 0 Å². The molecule has 88 valence electrons. The van der Waals surface area contributed by atoms with Gasteiger partial charge in [0.1, 0.15) is 5.82 Å². The molecule has 1 saturated heterocycles. The monoisotopic (exact) mass is 219 g/mol. The molecule has 0 spiro atoms. The Balaban J connectivity index is 2.00. The fraction of sp³-hybridized carbons (Fsp3) is 0.692. The van der Waals surface area contributed by atoms with E-state index in [-0.39, 0.29) is 0 Å². The number of allylic oxidation sites excluding steroid dienone is 1. The summed E-state index contributed by atoms with van der Waals surface area (Å²) in [5, 5.41) is 7.26. The van der Waals surface area contributed by atoms with Gasteiger partial charge >= 0.3 is 0 Å². The standard InChI is InChI=1S/C13H21N3/c1-9-8-10(2)14-13-12(9)16-6-3-4-11(15-13)5-7-16/h8,10-11,14-15H,3-7H2,1-2H3. The summed E-state index contributed by atoms with van der Waals surface area (Å²) < 4.78 is 0.